The number of rotatable bonds is 7. The van der Waals surface area contributed by atoms with Crippen molar-refractivity contribution < 1.29 is 22.7 Å². The number of hydrogen-bond donors (Lipinski definition) is 2. The van der Waals surface area contributed by atoms with E-state index in [1.165, 1.54) is 0 Å². The fourth-order valence-electron chi connectivity index (χ4n) is 1.25. The second-order valence-electron chi connectivity index (χ2n) is 3.65. The maximum Gasteiger partial charge on any atom is 0.303 e. The normalized spacial score (nSPS) is 11.6. The van der Waals surface area contributed by atoms with Crippen LogP contribution < -0.4 is 4.72 Å². The summed E-state index contributed by atoms with van der Waals surface area (Å²) >= 11 is 0. The lowest BCUT2D eigenvalue weighted by atomic mass is 10.3. The van der Waals surface area contributed by atoms with Crippen molar-refractivity contribution in [2.24, 2.45) is 0 Å². The van der Waals surface area contributed by atoms with Gasteiger partial charge < -0.3 is 9.52 Å². The summed E-state index contributed by atoms with van der Waals surface area (Å²) in [4.78, 5) is 10.2. The molecule has 0 bridgehead atoms. The second kappa shape index (κ2) is 5.83. The Hall–Kier alpha value is -1.34. The summed E-state index contributed by atoms with van der Waals surface area (Å²) < 4.78 is 30.4. The van der Waals surface area contributed by atoms with Crippen LogP contribution >= 0.6 is 0 Å². The van der Waals surface area contributed by atoms with Crippen molar-refractivity contribution in [3.05, 3.63) is 23.7 Å². The Morgan fingerprint density at radius 3 is 2.71 bits per heavy atom. The fourth-order valence-corrected chi connectivity index (χ4v) is 2.28. The molecule has 0 spiro atoms. The standard InChI is InChI=1S/C10H15NO5S/c1-8-4-5-9(16-8)7-11-17(14,15)6-2-3-10(12)13/h4-5,11H,2-3,6-7H2,1H3,(H,12,13). The van der Waals surface area contributed by atoms with Gasteiger partial charge in [0.2, 0.25) is 10.0 Å². The van der Waals surface area contributed by atoms with E-state index in [-0.39, 0.29) is 25.1 Å². The van der Waals surface area contributed by atoms with Crippen molar-refractivity contribution in [3.8, 4) is 0 Å². The number of hydrogen-bond acceptors (Lipinski definition) is 4. The van der Waals surface area contributed by atoms with Crippen LogP contribution in [-0.4, -0.2) is 25.2 Å². The Morgan fingerprint density at radius 2 is 2.18 bits per heavy atom. The van der Waals surface area contributed by atoms with Gasteiger partial charge in [0.05, 0.1) is 12.3 Å². The first-order valence-electron chi connectivity index (χ1n) is 5.13. The van der Waals surface area contributed by atoms with Crippen molar-refractivity contribution in [3.63, 3.8) is 0 Å². The molecule has 96 valence electrons. The highest BCUT2D eigenvalue weighted by molar-refractivity contribution is 7.89. The number of sulfonamides is 1. The average Bonchev–Trinajstić information content (AvgIpc) is 2.61. The zero-order chi connectivity index (χ0) is 12.9. The third-order valence-electron chi connectivity index (χ3n) is 2.07. The SMILES string of the molecule is Cc1ccc(CNS(=O)(=O)CCCC(=O)O)o1. The van der Waals surface area contributed by atoms with Crippen LogP contribution in [0.15, 0.2) is 16.5 Å². The Kier molecular flexibility index (Phi) is 4.71. The summed E-state index contributed by atoms with van der Waals surface area (Å²) in [5.41, 5.74) is 0. The highest BCUT2D eigenvalue weighted by Gasteiger charge is 2.11. The van der Waals surface area contributed by atoms with E-state index in [4.69, 9.17) is 9.52 Å². The van der Waals surface area contributed by atoms with E-state index >= 15 is 0 Å². The summed E-state index contributed by atoms with van der Waals surface area (Å²) in [5.74, 6) is 0.0511. The van der Waals surface area contributed by atoms with E-state index in [1.54, 1.807) is 19.1 Å². The fraction of sp³-hybridized carbons (Fsp3) is 0.500. The van der Waals surface area contributed by atoms with E-state index < -0.39 is 16.0 Å². The van der Waals surface area contributed by atoms with Crippen LogP contribution in [0, 0.1) is 6.92 Å². The first-order valence-corrected chi connectivity index (χ1v) is 6.79. The zero-order valence-corrected chi connectivity index (χ0v) is 10.3. The summed E-state index contributed by atoms with van der Waals surface area (Å²) in [5, 5.41) is 8.39. The molecule has 0 aliphatic carbocycles. The van der Waals surface area contributed by atoms with E-state index in [2.05, 4.69) is 4.72 Å². The molecule has 0 fully saturated rings. The smallest absolute Gasteiger partial charge is 0.303 e. The van der Waals surface area contributed by atoms with E-state index in [9.17, 15) is 13.2 Å². The number of furan rings is 1. The molecule has 1 aromatic heterocycles. The maximum absolute atomic E-state index is 11.4. The highest BCUT2D eigenvalue weighted by atomic mass is 32.2. The van der Waals surface area contributed by atoms with E-state index in [1.807, 2.05) is 0 Å². The molecular formula is C10H15NO5S. The molecule has 0 amide bonds. The molecule has 0 atom stereocenters. The van der Waals surface area contributed by atoms with Crippen molar-refractivity contribution in [2.45, 2.75) is 26.3 Å². The molecule has 0 aromatic carbocycles. The molecule has 0 saturated heterocycles. The first kappa shape index (κ1) is 13.7. The van der Waals surface area contributed by atoms with Crippen LogP contribution in [0.25, 0.3) is 0 Å². The van der Waals surface area contributed by atoms with E-state index in [0.29, 0.717) is 11.5 Å². The number of aryl methyl sites for hydroxylation is 1. The molecule has 7 heteroatoms. The average molecular weight is 261 g/mol. The van der Waals surface area contributed by atoms with Gasteiger partial charge in [-0.2, -0.15) is 0 Å². The van der Waals surface area contributed by atoms with Gasteiger partial charge in [-0.05, 0) is 25.5 Å². The van der Waals surface area contributed by atoms with Crippen LogP contribution in [0.5, 0.6) is 0 Å². The van der Waals surface area contributed by atoms with Crippen LogP contribution in [0.3, 0.4) is 0 Å². The van der Waals surface area contributed by atoms with Crippen LogP contribution in [0.2, 0.25) is 0 Å². The Bertz CT molecular complexity index is 477. The largest absolute Gasteiger partial charge is 0.481 e. The molecule has 1 rings (SSSR count). The molecule has 0 saturated carbocycles. The molecule has 0 aliphatic rings. The third-order valence-corrected chi connectivity index (χ3v) is 3.48. The van der Waals surface area contributed by atoms with Gasteiger partial charge in [0.15, 0.2) is 0 Å². The Balaban J connectivity index is 2.36. The number of carboxylic acid groups (broad SMARTS) is 1. The highest BCUT2D eigenvalue weighted by Crippen LogP contribution is 2.06. The molecular weight excluding hydrogens is 246 g/mol. The van der Waals surface area contributed by atoms with Gasteiger partial charge >= 0.3 is 5.97 Å². The number of carbonyl (C=O) groups is 1. The second-order valence-corrected chi connectivity index (χ2v) is 5.58. The predicted octanol–water partition coefficient (Wildman–Crippen LogP) is 0.872. The van der Waals surface area contributed by atoms with Crippen LogP contribution in [-0.2, 0) is 21.4 Å². The summed E-state index contributed by atoms with van der Waals surface area (Å²) in [7, 11) is -3.44. The lowest BCUT2D eigenvalue weighted by Crippen LogP contribution is -2.26. The maximum atomic E-state index is 11.4. The van der Waals surface area contributed by atoms with Gasteiger partial charge in [-0.1, -0.05) is 0 Å². The minimum atomic E-state index is -3.44. The van der Waals surface area contributed by atoms with Crippen molar-refractivity contribution in [1.82, 2.24) is 4.72 Å². The van der Waals surface area contributed by atoms with Gasteiger partial charge in [0, 0.05) is 6.42 Å². The molecule has 17 heavy (non-hydrogen) atoms. The van der Waals surface area contributed by atoms with Gasteiger partial charge in [0.25, 0.3) is 0 Å². The summed E-state index contributed by atoms with van der Waals surface area (Å²) in [6.07, 6.45) is -0.0530. The monoisotopic (exact) mass is 261 g/mol. The van der Waals surface area contributed by atoms with Gasteiger partial charge in [0.1, 0.15) is 11.5 Å². The zero-order valence-electron chi connectivity index (χ0n) is 9.47. The van der Waals surface area contributed by atoms with Gasteiger partial charge in [-0.25, -0.2) is 13.1 Å². The number of aliphatic carboxylic acids is 1. The molecule has 6 nitrogen and oxygen atoms in total. The quantitative estimate of drug-likeness (QED) is 0.759. The third kappa shape index (κ3) is 5.50. The minimum Gasteiger partial charge on any atom is -0.481 e. The van der Waals surface area contributed by atoms with Gasteiger partial charge in [-0.15, -0.1) is 0 Å². The van der Waals surface area contributed by atoms with E-state index in [0.717, 1.165) is 0 Å². The number of nitrogens with one attached hydrogen (secondary N) is 1. The minimum absolute atomic E-state index is 0.0866. The lowest BCUT2D eigenvalue weighted by molar-refractivity contribution is -0.137. The van der Waals surface area contributed by atoms with Crippen LogP contribution in [0.1, 0.15) is 24.4 Å². The molecule has 0 unspecified atom stereocenters. The van der Waals surface area contributed by atoms with Crippen LogP contribution in [0.4, 0.5) is 0 Å². The molecule has 1 heterocycles. The molecule has 1 aromatic rings. The first-order chi connectivity index (χ1) is 7.89. The van der Waals surface area contributed by atoms with Crippen molar-refractivity contribution >= 4 is 16.0 Å². The summed E-state index contributed by atoms with van der Waals surface area (Å²) in [6, 6.07) is 3.43. The Morgan fingerprint density at radius 1 is 1.47 bits per heavy atom. The van der Waals surface area contributed by atoms with Crippen molar-refractivity contribution in [2.75, 3.05) is 5.75 Å². The van der Waals surface area contributed by atoms with Gasteiger partial charge in [-0.3, -0.25) is 4.79 Å². The Labute approximate surface area is 99.7 Å². The number of carboxylic acids is 1. The predicted molar refractivity (Wildman–Crippen MR) is 60.9 cm³/mol. The topological polar surface area (TPSA) is 96.6 Å². The summed E-state index contributed by atoms with van der Waals surface area (Å²) in [6.45, 7) is 1.86. The lowest BCUT2D eigenvalue weighted by Gasteiger charge is -2.03. The molecule has 0 aliphatic heterocycles. The molecule has 0 radical (unpaired) electrons. The molecule has 2 N–H and O–H groups in total. The van der Waals surface area contributed by atoms with Crippen molar-refractivity contribution in [1.29, 1.82) is 0 Å².